The number of ether oxygens (including phenoxy) is 1. The van der Waals surface area contributed by atoms with Gasteiger partial charge in [-0.2, -0.15) is 0 Å². The molecule has 92 valence electrons. The number of anilines is 1. The standard InChI is InChI=1S/C11H13ClN2O3/c1-11(2,3)17-10(16)14-9-4-7(6-15)8(12)5-13-9/h4-6H,1-3H3,(H,13,14,16). The van der Waals surface area contributed by atoms with Gasteiger partial charge in [0, 0.05) is 11.8 Å². The molecule has 0 fully saturated rings. The molecular weight excluding hydrogens is 244 g/mol. The van der Waals surface area contributed by atoms with Gasteiger partial charge < -0.3 is 4.74 Å². The number of halogens is 1. The molecule has 6 heteroatoms. The lowest BCUT2D eigenvalue weighted by Crippen LogP contribution is -2.27. The largest absolute Gasteiger partial charge is 0.444 e. The molecule has 0 radical (unpaired) electrons. The van der Waals surface area contributed by atoms with Crippen molar-refractivity contribution in [1.29, 1.82) is 0 Å². The van der Waals surface area contributed by atoms with Crippen LogP contribution in [0.4, 0.5) is 10.6 Å². The number of aromatic nitrogens is 1. The monoisotopic (exact) mass is 256 g/mol. The number of pyridine rings is 1. The highest BCUT2D eigenvalue weighted by molar-refractivity contribution is 6.32. The molecule has 1 rings (SSSR count). The van der Waals surface area contributed by atoms with E-state index in [9.17, 15) is 9.59 Å². The Bertz CT molecular complexity index is 441. The number of carbonyl (C=O) groups is 2. The number of hydrogen-bond donors (Lipinski definition) is 1. The Morgan fingerprint density at radius 3 is 2.71 bits per heavy atom. The van der Waals surface area contributed by atoms with Crippen LogP contribution in [-0.2, 0) is 4.74 Å². The first-order chi connectivity index (χ1) is 7.81. The molecule has 0 bridgehead atoms. The third kappa shape index (κ3) is 4.40. The highest BCUT2D eigenvalue weighted by atomic mass is 35.5. The summed E-state index contributed by atoms with van der Waals surface area (Å²) in [7, 11) is 0. The summed E-state index contributed by atoms with van der Waals surface area (Å²) in [6.07, 6.45) is 1.24. The van der Waals surface area contributed by atoms with Crippen molar-refractivity contribution < 1.29 is 14.3 Å². The van der Waals surface area contributed by atoms with E-state index in [-0.39, 0.29) is 16.4 Å². The zero-order chi connectivity index (χ0) is 13.1. The molecule has 1 aromatic rings. The molecule has 1 N–H and O–H groups in total. The lowest BCUT2D eigenvalue weighted by atomic mass is 10.2. The molecule has 1 amide bonds. The van der Waals surface area contributed by atoms with Crippen molar-refractivity contribution >= 4 is 29.8 Å². The number of carbonyl (C=O) groups excluding carboxylic acids is 2. The van der Waals surface area contributed by atoms with Crippen molar-refractivity contribution in [3.05, 3.63) is 22.8 Å². The van der Waals surface area contributed by atoms with Gasteiger partial charge in [-0.05, 0) is 26.8 Å². The average molecular weight is 257 g/mol. The summed E-state index contributed by atoms with van der Waals surface area (Å²) >= 11 is 5.70. The second kappa shape index (κ2) is 5.14. The zero-order valence-corrected chi connectivity index (χ0v) is 10.5. The van der Waals surface area contributed by atoms with Crippen LogP contribution in [0.1, 0.15) is 31.1 Å². The zero-order valence-electron chi connectivity index (χ0n) is 9.78. The average Bonchev–Trinajstić information content (AvgIpc) is 2.18. The lowest BCUT2D eigenvalue weighted by molar-refractivity contribution is 0.0635. The molecule has 0 spiro atoms. The summed E-state index contributed by atoms with van der Waals surface area (Å²) in [5.74, 6) is 0.214. The summed E-state index contributed by atoms with van der Waals surface area (Å²) in [5.41, 5.74) is -0.336. The SMILES string of the molecule is CC(C)(C)OC(=O)Nc1cc(C=O)c(Cl)cn1. The van der Waals surface area contributed by atoms with E-state index in [1.54, 1.807) is 20.8 Å². The van der Waals surface area contributed by atoms with Crippen LogP contribution >= 0.6 is 11.6 Å². The van der Waals surface area contributed by atoms with Crippen molar-refractivity contribution in [1.82, 2.24) is 4.98 Å². The molecule has 0 atom stereocenters. The quantitative estimate of drug-likeness (QED) is 0.826. The van der Waals surface area contributed by atoms with Crippen LogP contribution in [0.15, 0.2) is 12.3 Å². The second-order valence-electron chi connectivity index (χ2n) is 4.34. The topological polar surface area (TPSA) is 68.3 Å². The Balaban J connectivity index is 2.75. The van der Waals surface area contributed by atoms with Gasteiger partial charge in [0.1, 0.15) is 11.4 Å². The van der Waals surface area contributed by atoms with Crippen molar-refractivity contribution in [2.75, 3.05) is 5.32 Å². The van der Waals surface area contributed by atoms with E-state index in [4.69, 9.17) is 16.3 Å². The van der Waals surface area contributed by atoms with Gasteiger partial charge in [0.15, 0.2) is 6.29 Å². The summed E-state index contributed by atoms with van der Waals surface area (Å²) in [6.45, 7) is 5.25. The van der Waals surface area contributed by atoms with E-state index < -0.39 is 11.7 Å². The van der Waals surface area contributed by atoms with Crippen LogP contribution in [0.25, 0.3) is 0 Å². The van der Waals surface area contributed by atoms with Crippen LogP contribution in [0, 0.1) is 0 Å². The molecule has 0 aromatic carbocycles. The van der Waals surface area contributed by atoms with Crippen LogP contribution in [0.3, 0.4) is 0 Å². The molecule has 0 saturated carbocycles. The summed E-state index contributed by atoms with van der Waals surface area (Å²) < 4.78 is 5.03. The lowest BCUT2D eigenvalue weighted by Gasteiger charge is -2.19. The van der Waals surface area contributed by atoms with Crippen LogP contribution in [0.2, 0.25) is 5.02 Å². The second-order valence-corrected chi connectivity index (χ2v) is 4.74. The first kappa shape index (κ1) is 13.4. The minimum Gasteiger partial charge on any atom is -0.444 e. The van der Waals surface area contributed by atoms with E-state index in [1.807, 2.05) is 0 Å². The van der Waals surface area contributed by atoms with Crippen molar-refractivity contribution in [2.24, 2.45) is 0 Å². The number of rotatable bonds is 2. The molecule has 0 unspecified atom stereocenters. The number of amides is 1. The van der Waals surface area contributed by atoms with Gasteiger partial charge in [0.05, 0.1) is 5.02 Å². The van der Waals surface area contributed by atoms with E-state index >= 15 is 0 Å². The molecule has 0 aliphatic heterocycles. The maximum atomic E-state index is 11.4. The number of hydrogen-bond acceptors (Lipinski definition) is 4. The van der Waals surface area contributed by atoms with E-state index in [2.05, 4.69) is 10.3 Å². The molecule has 1 heterocycles. The maximum absolute atomic E-state index is 11.4. The fourth-order valence-corrected chi connectivity index (χ4v) is 1.17. The highest BCUT2D eigenvalue weighted by Crippen LogP contribution is 2.16. The van der Waals surface area contributed by atoms with E-state index in [0.717, 1.165) is 0 Å². The Morgan fingerprint density at radius 2 is 2.18 bits per heavy atom. The molecule has 1 aromatic heterocycles. The highest BCUT2D eigenvalue weighted by Gasteiger charge is 2.16. The van der Waals surface area contributed by atoms with Gasteiger partial charge in [0.25, 0.3) is 0 Å². The Labute approximate surface area is 104 Å². The molecular formula is C11H13ClN2O3. The molecule has 0 aliphatic rings. The van der Waals surface area contributed by atoms with Gasteiger partial charge in [-0.1, -0.05) is 11.6 Å². The molecule has 17 heavy (non-hydrogen) atoms. The minimum absolute atomic E-state index is 0.214. The van der Waals surface area contributed by atoms with Crippen molar-refractivity contribution in [2.45, 2.75) is 26.4 Å². The van der Waals surface area contributed by atoms with Gasteiger partial charge in [-0.15, -0.1) is 0 Å². The van der Waals surface area contributed by atoms with Gasteiger partial charge in [-0.3, -0.25) is 10.1 Å². The number of nitrogens with one attached hydrogen (secondary N) is 1. The van der Waals surface area contributed by atoms with Crippen LogP contribution in [0.5, 0.6) is 0 Å². The summed E-state index contributed by atoms with van der Waals surface area (Å²) in [6, 6.07) is 1.37. The number of nitrogens with zero attached hydrogens (tertiary/aromatic N) is 1. The Hall–Kier alpha value is -1.62. The fourth-order valence-electron chi connectivity index (χ4n) is 1.02. The predicted molar refractivity (Wildman–Crippen MR) is 64.5 cm³/mol. The van der Waals surface area contributed by atoms with Crippen molar-refractivity contribution in [3.8, 4) is 0 Å². The van der Waals surface area contributed by atoms with Gasteiger partial charge in [-0.25, -0.2) is 9.78 Å². The minimum atomic E-state index is -0.635. The summed E-state index contributed by atoms with van der Waals surface area (Å²) in [4.78, 5) is 25.9. The van der Waals surface area contributed by atoms with Gasteiger partial charge in [0.2, 0.25) is 0 Å². The Kier molecular flexibility index (Phi) is 4.07. The third-order valence-electron chi connectivity index (χ3n) is 1.64. The Morgan fingerprint density at radius 1 is 1.53 bits per heavy atom. The molecule has 0 aliphatic carbocycles. The van der Waals surface area contributed by atoms with E-state index in [0.29, 0.717) is 6.29 Å². The molecule has 5 nitrogen and oxygen atoms in total. The smallest absolute Gasteiger partial charge is 0.413 e. The van der Waals surface area contributed by atoms with Crippen LogP contribution < -0.4 is 5.32 Å². The third-order valence-corrected chi connectivity index (χ3v) is 1.96. The van der Waals surface area contributed by atoms with E-state index in [1.165, 1.54) is 12.3 Å². The predicted octanol–water partition coefficient (Wildman–Crippen LogP) is 2.89. The maximum Gasteiger partial charge on any atom is 0.413 e. The molecule has 0 saturated heterocycles. The van der Waals surface area contributed by atoms with Crippen molar-refractivity contribution in [3.63, 3.8) is 0 Å². The normalized spacial score (nSPS) is 10.8. The fraction of sp³-hybridized carbons (Fsp3) is 0.364. The van der Waals surface area contributed by atoms with Gasteiger partial charge >= 0.3 is 6.09 Å². The summed E-state index contributed by atoms with van der Waals surface area (Å²) in [5, 5.41) is 2.64. The first-order valence-corrected chi connectivity index (χ1v) is 5.30. The first-order valence-electron chi connectivity index (χ1n) is 4.92. The van der Waals surface area contributed by atoms with Crippen LogP contribution in [-0.4, -0.2) is 23.0 Å². The number of aldehydes is 1.